The van der Waals surface area contributed by atoms with Gasteiger partial charge in [-0.25, -0.2) is 35.9 Å². The quantitative estimate of drug-likeness (QED) is 0.0413. The molecule has 2 aliphatic carbocycles. The van der Waals surface area contributed by atoms with Crippen molar-refractivity contribution >= 4 is 67.1 Å². The fourth-order valence-corrected chi connectivity index (χ4v) is 16.4. The summed E-state index contributed by atoms with van der Waals surface area (Å²) >= 11 is 12.9. The zero-order chi connectivity index (χ0) is 65.1. The van der Waals surface area contributed by atoms with Crippen LogP contribution in [0.2, 0.25) is 10.0 Å². The Kier molecular flexibility index (Phi) is 22.9. The molecular weight excluding hydrogens is 1260 g/mol. The fourth-order valence-electron chi connectivity index (χ4n) is 13.4. The minimum absolute atomic E-state index is 0.0405. The van der Waals surface area contributed by atoms with Gasteiger partial charge in [-0.3, -0.25) is 19.4 Å². The summed E-state index contributed by atoms with van der Waals surface area (Å²) in [5.74, 6) is 0.699. The highest BCUT2D eigenvalue weighted by Gasteiger charge is 2.43. The van der Waals surface area contributed by atoms with E-state index in [0.29, 0.717) is 110 Å². The van der Waals surface area contributed by atoms with Gasteiger partial charge in [-0.05, 0) is 160 Å². The molecule has 8 N–H and O–H groups in total. The molecule has 0 aromatic heterocycles. The molecule has 4 aromatic carbocycles. The number of hydrogen-bond donors (Lipinski definition) is 8. The van der Waals surface area contributed by atoms with Crippen LogP contribution in [0.15, 0.2) is 82.6 Å². The lowest BCUT2D eigenvalue weighted by Crippen LogP contribution is -2.54. The predicted octanol–water partition coefficient (Wildman–Crippen LogP) is 4.81. The number of fused-ring (bicyclic) bond motifs is 2. The number of hydrogen-bond acceptors (Lipinski definition) is 16. The fraction of sp³-hybridized carbons (Fsp3) is 0.531. The van der Waals surface area contributed by atoms with Gasteiger partial charge in [0.25, 0.3) is 0 Å². The first-order valence-electron chi connectivity index (χ1n) is 31.8. The average Bonchev–Trinajstić information content (AvgIpc) is 1.62. The van der Waals surface area contributed by atoms with Crippen molar-refractivity contribution in [3.63, 3.8) is 0 Å². The van der Waals surface area contributed by atoms with Gasteiger partial charge in [0.05, 0.1) is 45.1 Å². The summed E-state index contributed by atoms with van der Waals surface area (Å²) in [7, 11) is -7.86. The maximum absolute atomic E-state index is 13.5. The van der Waals surface area contributed by atoms with E-state index in [1.165, 1.54) is 24.3 Å². The number of amides is 6. The van der Waals surface area contributed by atoms with Crippen LogP contribution in [-0.2, 0) is 42.5 Å². The molecule has 6 amide bonds. The second kappa shape index (κ2) is 31.0. The topological polar surface area (TPSA) is 312 Å². The minimum atomic E-state index is -3.93. The third-order valence-electron chi connectivity index (χ3n) is 18.0. The van der Waals surface area contributed by atoms with Crippen molar-refractivity contribution < 1.29 is 45.5 Å². The first-order chi connectivity index (χ1) is 44.2. The number of rotatable bonds is 25. The van der Waals surface area contributed by atoms with Crippen LogP contribution in [-0.4, -0.2) is 188 Å². The van der Waals surface area contributed by atoms with E-state index in [0.717, 1.165) is 61.5 Å². The number of benzene rings is 4. The van der Waals surface area contributed by atoms with E-state index in [4.69, 9.17) is 32.7 Å². The second-order valence-corrected chi connectivity index (χ2v) is 29.0. The van der Waals surface area contributed by atoms with Crippen molar-refractivity contribution in [3.8, 4) is 23.6 Å². The molecule has 4 saturated heterocycles. The van der Waals surface area contributed by atoms with Gasteiger partial charge in [-0.2, -0.15) is 10.5 Å². The molecule has 0 bridgehead atoms. The van der Waals surface area contributed by atoms with E-state index in [2.05, 4.69) is 77.1 Å². The first kappa shape index (κ1) is 68.1. The zero-order valence-electron chi connectivity index (χ0n) is 51.9. The van der Waals surface area contributed by atoms with Crippen molar-refractivity contribution in [1.82, 2.24) is 60.9 Å². The molecule has 92 heavy (non-hydrogen) atoms. The Morgan fingerprint density at radius 1 is 0.554 bits per heavy atom. The number of unbranched alkanes of at least 4 members (excludes halogenated alkanes) is 1. The molecule has 4 aliphatic heterocycles. The SMILES string of the molecule is C[C@@H]1CN([C@H]2Cc3c(C#N)cc(Cl)cc3[C@@H]2Oc2ccc(S(=O)(=O)N[C@@H]3CCN(C(=O)CCCNC(=O)NCCCCNC(=O)NCCCC(=O)N4CC[C@H](NS(=O)(=O)c5ccc(O[C@H]6c7cc(Cl)cc(C#N)c7C[C@@H]6N6CCN[C@H](C)C6)cc5)C4)C3)cc2)CCN1. The van der Waals surface area contributed by atoms with Crippen LogP contribution in [0.25, 0.3) is 0 Å². The number of nitrogens with one attached hydrogen (secondary N) is 8. The van der Waals surface area contributed by atoms with Gasteiger partial charge in [0.1, 0.15) is 23.7 Å². The highest BCUT2D eigenvalue weighted by molar-refractivity contribution is 7.89. The Labute approximate surface area is 548 Å². The lowest BCUT2D eigenvalue weighted by atomic mass is 10.0. The van der Waals surface area contributed by atoms with Crippen LogP contribution in [0, 0.1) is 22.7 Å². The lowest BCUT2D eigenvalue weighted by Gasteiger charge is -2.38. The van der Waals surface area contributed by atoms with Gasteiger partial charge < -0.3 is 51.2 Å². The predicted molar refractivity (Wildman–Crippen MR) is 346 cm³/mol. The molecule has 8 atom stereocenters. The van der Waals surface area contributed by atoms with Crippen LogP contribution in [0.4, 0.5) is 9.59 Å². The molecule has 0 spiro atoms. The van der Waals surface area contributed by atoms with Crippen molar-refractivity contribution in [2.75, 3.05) is 91.6 Å². The summed E-state index contributed by atoms with van der Waals surface area (Å²) in [4.78, 5) is 59.1. The molecule has 4 fully saturated rings. The number of nitrogens with zero attached hydrogens (tertiary/aromatic N) is 6. The van der Waals surface area contributed by atoms with E-state index >= 15 is 0 Å². The van der Waals surface area contributed by atoms with Crippen LogP contribution < -0.4 is 50.8 Å². The van der Waals surface area contributed by atoms with Gasteiger partial charge in [0.15, 0.2) is 0 Å². The van der Waals surface area contributed by atoms with E-state index in [1.54, 1.807) is 46.2 Å². The van der Waals surface area contributed by atoms with Gasteiger partial charge in [0, 0.05) is 139 Å². The van der Waals surface area contributed by atoms with Crippen LogP contribution >= 0.6 is 23.2 Å². The van der Waals surface area contributed by atoms with Crippen molar-refractivity contribution in [2.45, 2.75) is 136 Å². The normalized spacial score (nSPS) is 23.2. The van der Waals surface area contributed by atoms with Crippen molar-refractivity contribution in [2.24, 2.45) is 0 Å². The Hall–Kier alpha value is -6.82. The monoisotopic (exact) mass is 1340 g/mol. The molecular formula is C64H82Cl2N14O10S2. The van der Waals surface area contributed by atoms with Crippen LogP contribution in [0.3, 0.4) is 0 Å². The summed E-state index contributed by atoms with van der Waals surface area (Å²) in [5, 5.41) is 38.7. The molecule has 0 unspecified atom stereocenters. The molecule has 4 heterocycles. The summed E-state index contributed by atoms with van der Waals surface area (Å²) in [6.45, 7) is 11.7. The highest BCUT2D eigenvalue weighted by Crippen LogP contribution is 2.43. The van der Waals surface area contributed by atoms with Crippen molar-refractivity contribution in [3.05, 3.63) is 116 Å². The lowest BCUT2D eigenvalue weighted by molar-refractivity contribution is -0.131. The maximum Gasteiger partial charge on any atom is 0.314 e. The number of carbonyl (C=O) groups is 4. The number of carbonyl (C=O) groups excluding carboxylic acids is 4. The molecule has 0 saturated carbocycles. The van der Waals surface area contributed by atoms with Crippen LogP contribution in [0.1, 0.15) is 111 Å². The van der Waals surface area contributed by atoms with Crippen molar-refractivity contribution in [1.29, 1.82) is 10.5 Å². The molecule has 24 nitrogen and oxygen atoms in total. The first-order valence-corrected chi connectivity index (χ1v) is 35.5. The smallest absolute Gasteiger partial charge is 0.314 e. The molecule has 28 heteroatoms. The second-order valence-electron chi connectivity index (χ2n) is 24.7. The number of halogens is 2. The highest BCUT2D eigenvalue weighted by atomic mass is 35.5. The number of ether oxygens (including phenoxy) is 2. The minimum Gasteiger partial charge on any atom is -0.484 e. The Bertz CT molecular complexity index is 3400. The third-order valence-corrected chi connectivity index (χ3v) is 21.5. The van der Waals surface area contributed by atoms with E-state index < -0.39 is 44.3 Å². The summed E-state index contributed by atoms with van der Waals surface area (Å²) in [6.07, 6.45) is 3.67. The number of urea groups is 2. The standard InChI is InChI=1S/C64H82Cl2N14O10S2/c1-41-37-77(27-23-69-41)57-33-53-43(35-67)29-45(65)31-55(53)61(57)89-49-9-13-51(14-10-49)91(85,86)75-47-17-25-79(39-47)59(81)7-5-21-73-63(83)71-19-3-4-20-72-64(84)74-22-6-8-60(82)80-26-18-48(40-80)76-92(87,88)52-15-11-50(12-16-52)90-62-56-32-46(66)30-44(36-68)54(56)34-58(62)78-28-24-70-42(2)38-78/h9-16,29-32,41-42,47-48,57-58,61-62,69-70,75-76H,3-8,17-28,33-34,37-40H2,1-2H3,(H2,71,73,83)(H2,72,74,84)/t41-,42-,47-,48+,57+,58+,61+,62+/m1/s1. The number of likely N-dealkylation sites (tertiary alicyclic amines) is 2. The molecule has 6 aliphatic rings. The maximum atomic E-state index is 13.5. The van der Waals surface area contributed by atoms with E-state index in [9.17, 15) is 46.5 Å². The van der Waals surface area contributed by atoms with E-state index in [-0.39, 0.29) is 96.9 Å². The summed E-state index contributed by atoms with van der Waals surface area (Å²) in [5.41, 5.74) is 4.60. The largest absolute Gasteiger partial charge is 0.484 e. The zero-order valence-corrected chi connectivity index (χ0v) is 55.0. The Morgan fingerprint density at radius 2 is 0.935 bits per heavy atom. The Morgan fingerprint density at radius 3 is 1.30 bits per heavy atom. The van der Waals surface area contributed by atoms with Gasteiger partial charge in [-0.1, -0.05) is 23.2 Å². The third kappa shape index (κ3) is 17.3. The number of piperazine rings is 2. The van der Waals surface area contributed by atoms with Crippen LogP contribution in [0.5, 0.6) is 11.5 Å². The van der Waals surface area contributed by atoms with Gasteiger partial charge in [-0.15, -0.1) is 0 Å². The molecule has 494 valence electrons. The Balaban J connectivity index is 0.552. The van der Waals surface area contributed by atoms with Gasteiger partial charge in [0.2, 0.25) is 31.9 Å². The number of sulfonamides is 2. The molecule has 4 aromatic rings. The average molecular weight is 1340 g/mol. The van der Waals surface area contributed by atoms with Gasteiger partial charge >= 0.3 is 12.1 Å². The molecule has 0 radical (unpaired) electrons. The number of nitriles is 2. The summed E-state index contributed by atoms with van der Waals surface area (Å²) in [6, 6.07) is 23.0. The van der Waals surface area contributed by atoms with E-state index in [1.807, 2.05) is 12.1 Å². The molecule has 10 rings (SSSR count). The summed E-state index contributed by atoms with van der Waals surface area (Å²) < 4.78 is 72.8.